The van der Waals surface area contributed by atoms with E-state index in [0.717, 1.165) is 9.87 Å². The van der Waals surface area contributed by atoms with Crippen molar-refractivity contribution in [2.45, 2.75) is 37.8 Å². The fraction of sp³-hybridized carbons (Fsp3) is 0.316. The Morgan fingerprint density at radius 2 is 1.44 bits per heavy atom. The normalized spacial score (nSPS) is 12.2. The van der Waals surface area contributed by atoms with Gasteiger partial charge in [-0.05, 0) is 62.7 Å². The summed E-state index contributed by atoms with van der Waals surface area (Å²) in [7, 11) is -3.90. The molecule has 0 saturated carbocycles. The summed E-state index contributed by atoms with van der Waals surface area (Å²) in [4.78, 5) is 12.5. The molecule has 2 aromatic carbocycles. The second kappa shape index (κ2) is 8.61. The largest absolute Gasteiger partial charge is 0.350 e. The van der Waals surface area contributed by atoms with Crippen molar-refractivity contribution in [3.63, 3.8) is 0 Å². The summed E-state index contributed by atoms with van der Waals surface area (Å²) in [6.45, 7) is 5.25. The summed E-state index contributed by atoms with van der Waals surface area (Å²) in [5, 5.41) is 3.78. The Balaban J connectivity index is 2.34. The van der Waals surface area contributed by atoms with Crippen molar-refractivity contribution >= 4 is 39.1 Å². The van der Waals surface area contributed by atoms with Crippen molar-refractivity contribution in [3.8, 4) is 0 Å². The molecule has 0 aliphatic carbocycles. The maximum Gasteiger partial charge on any atom is 0.243 e. The molecular weight excluding hydrogens is 407 g/mol. The molecule has 2 rings (SSSR count). The molecule has 5 nitrogen and oxygen atoms in total. The van der Waals surface area contributed by atoms with E-state index in [0.29, 0.717) is 10.0 Å². The number of carbonyl (C=O) groups is 1. The Hall–Kier alpha value is -1.60. The van der Waals surface area contributed by atoms with Gasteiger partial charge in [0.25, 0.3) is 0 Å². The zero-order valence-corrected chi connectivity index (χ0v) is 17.7. The van der Waals surface area contributed by atoms with E-state index >= 15 is 0 Å². The lowest BCUT2D eigenvalue weighted by atomic mass is 10.1. The highest BCUT2D eigenvalue weighted by Crippen LogP contribution is 2.21. The number of rotatable bonds is 6. The molecule has 0 aliphatic heterocycles. The predicted molar refractivity (Wildman–Crippen MR) is 108 cm³/mol. The molecular formula is C19H22Cl2N2O3S. The van der Waals surface area contributed by atoms with Crippen molar-refractivity contribution < 1.29 is 13.2 Å². The van der Waals surface area contributed by atoms with Crippen LogP contribution < -0.4 is 5.32 Å². The topological polar surface area (TPSA) is 66.5 Å². The van der Waals surface area contributed by atoms with Crippen LogP contribution in [0.15, 0.2) is 53.4 Å². The third kappa shape index (κ3) is 6.50. The van der Waals surface area contributed by atoms with Gasteiger partial charge in [-0.3, -0.25) is 4.79 Å². The van der Waals surface area contributed by atoms with E-state index in [1.807, 2.05) is 20.8 Å². The molecule has 0 saturated heterocycles. The van der Waals surface area contributed by atoms with Crippen LogP contribution in [0.1, 0.15) is 26.3 Å². The number of nitrogens with zero attached hydrogens (tertiary/aromatic N) is 1. The summed E-state index contributed by atoms with van der Waals surface area (Å²) in [5.74, 6) is -0.381. The van der Waals surface area contributed by atoms with Gasteiger partial charge in [-0.1, -0.05) is 35.3 Å². The fourth-order valence-electron chi connectivity index (χ4n) is 2.39. The lowest BCUT2D eigenvalue weighted by Gasteiger charge is -2.25. The molecule has 0 heterocycles. The number of amides is 1. The molecule has 1 amide bonds. The Labute approximate surface area is 170 Å². The van der Waals surface area contributed by atoms with E-state index in [1.165, 1.54) is 24.3 Å². The van der Waals surface area contributed by atoms with Gasteiger partial charge in [-0.2, -0.15) is 4.31 Å². The zero-order valence-electron chi connectivity index (χ0n) is 15.4. The van der Waals surface area contributed by atoms with E-state index in [1.54, 1.807) is 24.3 Å². The first-order valence-corrected chi connectivity index (χ1v) is 10.5. The first-order valence-electron chi connectivity index (χ1n) is 8.28. The lowest BCUT2D eigenvalue weighted by molar-refractivity contribution is -0.122. The van der Waals surface area contributed by atoms with E-state index < -0.39 is 15.6 Å². The fourth-order valence-corrected chi connectivity index (χ4v) is 4.03. The van der Waals surface area contributed by atoms with Crippen LogP contribution >= 0.6 is 23.2 Å². The molecule has 27 heavy (non-hydrogen) atoms. The summed E-state index contributed by atoms with van der Waals surface area (Å²) in [5.41, 5.74) is 0.257. The molecule has 0 unspecified atom stereocenters. The highest BCUT2D eigenvalue weighted by atomic mass is 35.5. The third-order valence-corrected chi connectivity index (χ3v) is 5.87. The number of nitrogens with one attached hydrogen (secondary N) is 1. The first-order chi connectivity index (χ1) is 12.5. The monoisotopic (exact) mass is 428 g/mol. The standard InChI is InChI=1S/C19H22Cl2N2O3S/c1-19(2,3)22-18(24)13-23(12-14-4-6-15(20)7-5-14)27(25,26)17-10-8-16(21)9-11-17/h4-11H,12-13H2,1-3H3,(H,22,24). The summed E-state index contributed by atoms with van der Waals surface area (Å²) in [6.07, 6.45) is 0. The van der Waals surface area contributed by atoms with Crippen LogP contribution in [-0.2, 0) is 21.4 Å². The molecule has 8 heteroatoms. The van der Waals surface area contributed by atoms with Crippen LogP contribution in [-0.4, -0.2) is 30.7 Å². The van der Waals surface area contributed by atoms with E-state index in [4.69, 9.17) is 23.2 Å². The second-order valence-corrected chi connectivity index (χ2v) is 9.96. The minimum atomic E-state index is -3.90. The molecule has 0 atom stereocenters. The SMILES string of the molecule is CC(C)(C)NC(=O)CN(Cc1ccc(Cl)cc1)S(=O)(=O)c1ccc(Cl)cc1. The average molecular weight is 429 g/mol. The van der Waals surface area contributed by atoms with E-state index in [9.17, 15) is 13.2 Å². The molecule has 0 fully saturated rings. The molecule has 2 aromatic rings. The zero-order chi connectivity index (χ0) is 20.2. The Kier molecular flexibility index (Phi) is 6.92. The van der Waals surface area contributed by atoms with Crippen LogP contribution in [0.5, 0.6) is 0 Å². The van der Waals surface area contributed by atoms with Crippen LogP contribution in [0, 0.1) is 0 Å². The van der Waals surface area contributed by atoms with Crippen LogP contribution in [0.2, 0.25) is 10.0 Å². The third-order valence-electron chi connectivity index (χ3n) is 3.56. The highest BCUT2D eigenvalue weighted by molar-refractivity contribution is 7.89. The van der Waals surface area contributed by atoms with Crippen molar-refractivity contribution in [1.29, 1.82) is 0 Å². The number of hydrogen-bond acceptors (Lipinski definition) is 3. The molecule has 1 N–H and O–H groups in total. The number of hydrogen-bond donors (Lipinski definition) is 1. The molecule has 0 bridgehead atoms. The van der Waals surface area contributed by atoms with Gasteiger partial charge in [0.2, 0.25) is 15.9 Å². The van der Waals surface area contributed by atoms with Gasteiger partial charge < -0.3 is 5.32 Å². The van der Waals surface area contributed by atoms with Crippen molar-refractivity contribution in [2.75, 3.05) is 6.54 Å². The summed E-state index contributed by atoms with van der Waals surface area (Å²) >= 11 is 11.8. The molecule has 146 valence electrons. The van der Waals surface area contributed by atoms with Crippen LogP contribution in [0.25, 0.3) is 0 Å². The number of benzene rings is 2. The number of halogens is 2. The van der Waals surface area contributed by atoms with Gasteiger partial charge >= 0.3 is 0 Å². The minimum absolute atomic E-state index is 0.0414. The van der Waals surface area contributed by atoms with Gasteiger partial charge in [0.15, 0.2) is 0 Å². The minimum Gasteiger partial charge on any atom is -0.350 e. The van der Waals surface area contributed by atoms with Gasteiger partial charge in [-0.15, -0.1) is 0 Å². The van der Waals surface area contributed by atoms with Crippen molar-refractivity contribution in [2.24, 2.45) is 0 Å². The van der Waals surface area contributed by atoms with Gasteiger partial charge in [0.1, 0.15) is 0 Å². The highest BCUT2D eigenvalue weighted by Gasteiger charge is 2.28. The summed E-state index contributed by atoms with van der Waals surface area (Å²) < 4.78 is 27.3. The van der Waals surface area contributed by atoms with E-state index in [-0.39, 0.29) is 23.9 Å². The smallest absolute Gasteiger partial charge is 0.243 e. The molecule has 0 radical (unpaired) electrons. The Morgan fingerprint density at radius 3 is 1.93 bits per heavy atom. The average Bonchev–Trinajstić information content (AvgIpc) is 2.55. The molecule has 0 aromatic heterocycles. The van der Waals surface area contributed by atoms with Crippen molar-refractivity contribution in [1.82, 2.24) is 9.62 Å². The molecule has 0 spiro atoms. The Bertz CT molecular complexity index is 890. The van der Waals surface area contributed by atoms with Crippen molar-refractivity contribution in [3.05, 3.63) is 64.1 Å². The van der Waals surface area contributed by atoms with Crippen LogP contribution in [0.3, 0.4) is 0 Å². The maximum absolute atomic E-state index is 13.1. The van der Waals surface area contributed by atoms with Gasteiger partial charge in [0.05, 0.1) is 11.4 Å². The van der Waals surface area contributed by atoms with Gasteiger partial charge in [-0.25, -0.2) is 8.42 Å². The lowest BCUT2D eigenvalue weighted by Crippen LogP contribution is -2.47. The van der Waals surface area contributed by atoms with Gasteiger partial charge in [0, 0.05) is 22.1 Å². The first kappa shape index (κ1) is 21.7. The molecule has 0 aliphatic rings. The van der Waals surface area contributed by atoms with E-state index in [2.05, 4.69) is 5.32 Å². The second-order valence-electron chi connectivity index (χ2n) is 7.15. The predicted octanol–water partition coefficient (Wildman–Crippen LogP) is 4.10. The quantitative estimate of drug-likeness (QED) is 0.752. The maximum atomic E-state index is 13.1. The Morgan fingerprint density at radius 1 is 0.963 bits per heavy atom. The van der Waals surface area contributed by atoms with Crippen LogP contribution in [0.4, 0.5) is 0 Å². The number of carbonyl (C=O) groups excluding carboxylic acids is 1. The number of sulfonamides is 1. The summed E-state index contributed by atoms with van der Waals surface area (Å²) in [6, 6.07) is 12.7.